The maximum atomic E-state index is 12.2. The molecule has 13 heteroatoms. The molecule has 0 spiro atoms. The van der Waals surface area contributed by atoms with E-state index in [9.17, 15) is 4.79 Å². The highest BCUT2D eigenvalue weighted by molar-refractivity contribution is 6.02. The molecule has 0 aliphatic rings. The number of hydrogen-bond acceptors (Lipinski definition) is 7. The van der Waals surface area contributed by atoms with E-state index in [0.29, 0.717) is 22.8 Å². The number of guanidine groups is 2. The molecule has 2 aromatic carbocycles. The van der Waals surface area contributed by atoms with Crippen LogP contribution in [0.25, 0.3) is 0 Å². The molecule has 0 radical (unpaired) electrons. The van der Waals surface area contributed by atoms with Gasteiger partial charge >= 0.3 is 6.03 Å². The Morgan fingerprint density at radius 2 is 1.03 bits per heavy atom. The maximum Gasteiger partial charge on any atom is 0.323 e. The molecule has 0 unspecified atom stereocenters. The number of carbonyl (C=O) groups is 1. The molecular weight excluding hydrogens is 416 g/mol. The molecule has 0 aliphatic heterocycles. The van der Waals surface area contributed by atoms with Crippen molar-refractivity contribution in [2.75, 3.05) is 10.6 Å². The third kappa shape index (κ3) is 7.40. The predicted molar refractivity (Wildman–Crippen MR) is 123 cm³/mol. The second-order valence-electron chi connectivity index (χ2n) is 6.30. The molecule has 168 valence electrons. The van der Waals surface area contributed by atoms with Crippen LogP contribution < -0.4 is 33.1 Å². The first-order valence-corrected chi connectivity index (χ1v) is 9.17. The van der Waals surface area contributed by atoms with E-state index >= 15 is 0 Å². The maximum absolute atomic E-state index is 12.2. The molecule has 2 rings (SSSR count). The highest BCUT2D eigenvalue weighted by Crippen LogP contribution is 2.14. The van der Waals surface area contributed by atoms with Crippen LogP contribution in [-0.4, -0.2) is 39.8 Å². The van der Waals surface area contributed by atoms with Gasteiger partial charge in [-0.3, -0.25) is 10.4 Å². The number of anilines is 2. The summed E-state index contributed by atoms with van der Waals surface area (Å²) in [6.07, 6.45) is 0. The van der Waals surface area contributed by atoms with Gasteiger partial charge in [0.25, 0.3) is 0 Å². The minimum Gasteiger partial charge on any atom is -0.367 e. The largest absolute Gasteiger partial charge is 0.367 e. The Labute approximate surface area is 183 Å². The van der Waals surface area contributed by atoms with Crippen LogP contribution in [0.1, 0.15) is 25.0 Å². The smallest absolute Gasteiger partial charge is 0.323 e. The topological polar surface area (TPSA) is 207 Å². The van der Waals surface area contributed by atoms with Crippen LogP contribution in [0.5, 0.6) is 0 Å². The molecule has 2 amide bonds. The summed E-state index contributed by atoms with van der Waals surface area (Å²) in [5, 5.41) is 37.5. The lowest BCUT2D eigenvalue weighted by Crippen LogP contribution is -2.27. The first kappa shape index (κ1) is 23.8. The predicted octanol–water partition coefficient (Wildman–Crippen LogP) is 1.37. The second kappa shape index (κ2) is 11.6. The number of hydrogen-bond donors (Lipinski definition) is 8. The van der Waals surface area contributed by atoms with Gasteiger partial charge < -0.3 is 22.1 Å². The molecule has 0 bridgehead atoms. The van der Waals surface area contributed by atoms with Crippen LogP contribution in [0, 0.1) is 0 Å². The van der Waals surface area contributed by atoms with Crippen LogP contribution in [0.4, 0.5) is 16.2 Å². The summed E-state index contributed by atoms with van der Waals surface area (Å²) in [7, 11) is 0. The SMILES string of the molecule is C/C(=N/N=C(N)NO)c1ccc(NC(=O)Nc2ccc(/C(C)=N\N=C(N)NO)cc2)cc1. The van der Waals surface area contributed by atoms with Crippen LogP contribution in [0.15, 0.2) is 68.9 Å². The fourth-order valence-corrected chi connectivity index (χ4v) is 2.30. The normalized spacial score (nSPS) is 12.9. The molecule has 2 aromatic rings. The molecular formula is C19H24N10O3. The van der Waals surface area contributed by atoms with Crippen molar-refractivity contribution in [3.63, 3.8) is 0 Å². The summed E-state index contributed by atoms with van der Waals surface area (Å²) < 4.78 is 0. The number of amides is 2. The number of nitrogens with two attached hydrogens (primary N) is 2. The first-order valence-electron chi connectivity index (χ1n) is 9.17. The number of nitrogens with one attached hydrogen (secondary N) is 4. The zero-order chi connectivity index (χ0) is 23.5. The molecule has 32 heavy (non-hydrogen) atoms. The van der Waals surface area contributed by atoms with Crippen molar-refractivity contribution in [3.8, 4) is 0 Å². The summed E-state index contributed by atoms with van der Waals surface area (Å²) in [5.74, 6) is -0.459. The number of carbonyl (C=O) groups excluding carboxylic acids is 1. The van der Waals surface area contributed by atoms with Crippen molar-refractivity contribution < 1.29 is 15.2 Å². The molecule has 0 saturated carbocycles. The number of rotatable bonds is 6. The molecule has 0 saturated heterocycles. The van der Waals surface area contributed by atoms with Gasteiger partial charge in [0.15, 0.2) is 0 Å². The van der Waals surface area contributed by atoms with E-state index in [0.717, 1.165) is 11.1 Å². The van der Waals surface area contributed by atoms with Crippen molar-refractivity contribution in [2.45, 2.75) is 13.8 Å². The van der Waals surface area contributed by atoms with E-state index in [1.807, 2.05) is 0 Å². The van der Waals surface area contributed by atoms with Crippen molar-refractivity contribution in [2.24, 2.45) is 31.9 Å². The van der Waals surface area contributed by atoms with E-state index < -0.39 is 6.03 Å². The quantitative estimate of drug-likeness (QED) is 0.188. The van der Waals surface area contributed by atoms with E-state index in [-0.39, 0.29) is 11.9 Å². The Kier molecular flexibility index (Phi) is 8.65. The van der Waals surface area contributed by atoms with Gasteiger partial charge in [-0.2, -0.15) is 10.2 Å². The van der Waals surface area contributed by atoms with Gasteiger partial charge in [0.2, 0.25) is 11.9 Å². The van der Waals surface area contributed by atoms with Crippen molar-refractivity contribution in [3.05, 3.63) is 59.7 Å². The highest BCUT2D eigenvalue weighted by Gasteiger charge is 2.05. The number of nitrogens with zero attached hydrogens (tertiary/aromatic N) is 4. The molecule has 0 aliphatic carbocycles. The summed E-state index contributed by atoms with van der Waals surface area (Å²) in [5.41, 5.74) is 17.8. The van der Waals surface area contributed by atoms with Gasteiger partial charge in [-0.1, -0.05) is 24.3 Å². The third-order valence-electron chi connectivity index (χ3n) is 3.97. The number of hydroxylamine groups is 2. The van der Waals surface area contributed by atoms with Crippen LogP contribution in [-0.2, 0) is 0 Å². The van der Waals surface area contributed by atoms with Gasteiger partial charge in [-0.15, -0.1) is 10.2 Å². The van der Waals surface area contributed by atoms with Gasteiger partial charge in [-0.25, -0.2) is 15.8 Å². The monoisotopic (exact) mass is 440 g/mol. The van der Waals surface area contributed by atoms with Crippen LogP contribution in [0.3, 0.4) is 0 Å². The van der Waals surface area contributed by atoms with E-state index in [1.54, 1.807) is 73.3 Å². The summed E-state index contributed by atoms with van der Waals surface area (Å²) in [6.45, 7) is 3.45. The highest BCUT2D eigenvalue weighted by atomic mass is 16.5. The lowest BCUT2D eigenvalue weighted by atomic mass is 10.1. The van der Waals surface area contributed by atoms with E-state index in [1.165, 1.54) is 0 Å². The summed E-state index contributed by atoms with van der Waals surface area (Å²) in [4.78, 5) is 12.2. The number of benzene rings is 2. The van der Waals surface area contributed by atoms with Gasteiger partial charge in [0.05, 0.1) is 11.4 Å². The standard InChI is InChI=1S/C19H24N10O3/c1-11(24-26-17(20)28-31)13-3-7-15(8-4-13)22-19(30)23-16-9-5-14(6-10-16)12(2)25-27-18(21)29-32/h3-10,31-32H,1-2H3,(H3,20,26,28)(H3,21,27,29)(H2,22,23,30)/b24-11-,25-12-. The van der Waals surface area contributed by atoms with Crippen LogP contribution >= 0.6 is 0 Å². The van der Waals surface area contributed by atoms with Gasteiger partial charge in [-0.05, 0) is 49.2 Å². The lowest BCUT2D eigenvalue weighted by molar-refractivity contribution is 0.232. The molecule has 0 heterocycles. The van der Waals surface area contributed by atoms with Crippen molar-refractivity contribution in [1.29, 1.82) is 0 Å². The zero-order valence-corrected chi connectivity index (χ0v) is 17.4. The average Bonchev–Trinajstić information content (AvgIpc) is 2.81. The van der Waals surface area contributed by atoms with Crippen molar-refractivity contribution in [1.82, 2.24) is 11.0 Å². The minimum absolute atomic E-state index is 0.230. The fraction of sp³-hybridized carbons (Fsp3) is 0.105. The van der Waals surface area contributed by atoms with Gasteiger partial charge in [0, 0.05) is 11.4 Å². The minimum atomic E-state index is -0.418. The molecule has 13 nitrogen and oxygen atoms in total. The van der Waals surface area contributed by atoms with Gasteiger partial charge in [0.1, 0.15) is 0 Å². The first-order chi connectivity index (χ1) is 15.3. The summed E-state index contributed by atoms with van der Waals surface area (Å²) in [6, 6.07) is 13.4. The lowest BCUT2D eigenvalue weighted by Gasteiger charge is -2.09. The second-order valence-corrected chi connectivity index (χ2v) is 6.30. The number of urea groups is 1. The summed E-state index contributed by atoms with van der Waals surface area (Å²) >= 11 is 0. The molecule has 10 N–H and O–H groups in total. The Balaban J connectivity index is 1.96. The molecule has 0 fully saturated rings. The Hall–Kier alpha value is -4.49. The van der Waals surface area contributed by atoms with Crippen LogP contribution in [0.2, 0.25) is 0 Å². The average molecular weight is 440 g/mol. The van der Waals surface area contributed by atoms with Crippen molar-refractivity contribution >= 4 is 40.7 Å². The fourth-order valence-electron chi connectivity index (χ4n) is 2.30. The Morgan fingerprint density at radius 3 is 1.34 bits per heavy atom. The van der Waals surface area contributed by atoms with E-state index in [2.05, 4.69) is 31.0 Å². The van der Waals surface area contributed by atoms with E-state index in [4.69, 9.17) is 21.9 Å². The third-order valence-corrected chi connectivity index (χ3v) is 3.97. The Bertz CT molecular complexity index is 961. The Morgan fingerprint density at radius 1 is 0.688 bits per heavy atom. The molecule has 0 atom stereocenters. The molecule has 0 aromatic heterocycles. The zero-order valence-electron chi connectivity index (χ0n) is 17.4.